The number of benzene rings is 2. The quantitative estimate of drug-likeness (QED) is 0.477. The van der Waals surface area contributed by atoms with Gasteiger partial charge in [-0.2, -0.15) is 5.10 Å². The number of sulfonamides is 1. The average molecular weight is 462 g/mol. The van der Waals surface area contributed by atoms with Crippen LogP contribution in [0.15, 0.2) is 52.5 Å². The zero-order chi connectivity index (χ0) is 24.1. The van der Waals surface area contributed by atoms with Crippen molar-refractivity contribution in [2.75, 3.05) is 25.1 Å². The van der Waals surface area contributed by atoms with Crippen LogP contribution in [0.25, 0.3) is 0 Å². The van der Waals surface area contributed by atoms with Gasteiger partial charge in [0.1, 0.15) is 18.0 Å². The fourth-order valence-electron chi connectivity index (χ4n) is 2.61. The van der Waals surface area contributed by atoms with E-state index >= 15 is 0 Å². The van der Waals surface area contributed by atoms with E-state index in [1.165, 1.54) is 26.4 Å². The van der Waals surface area contributed by atoms with Crippen molar-refractivity contribution in [3.05, 3.63) is 48.0 Å². The molecular formula is C23H31N3O5S. The van der Waals surface area contributed by atoms with Gasteiger partial charge in [0, 0.05) is 17.2 Å². The predicted octanol–water partition coefficient (Wildman–Crippen LogP) is 3.75. The molecule has 174 valence electrons. The summed E-state index contributed by atoms with van der Waals surface area (Å²) in [5.41, 5.74) is 4.06. The van der Waals surface area contributed by atoms with E-state index in [-0.39, 0.29) is 21.7 Å². The Morgan fingerprint density at radius 3 is 2.22 bits per heavy atom. The lowest BCUT2D eigenvalue weighted by atomic mass is 9.91. The lowest BCUT2D eigenvalue weighted by Gasteiger charge is -2.26. The van der Waals surface area contributed by atoms with Crippen molar-refractivity contribution in [1.82, 2.24) is 5.43 Å². The van der Waals surface area contributed by atoms with Crippen LogP contribution in [-0.2, 0) is 14.8 Å². The lowest BCUT2D eigenvalue weighted by molar-refractivity contribution is -0.119. The second-order valence-corrected chi connectivity index (χ2v) is 10.2. The fourth-order valence-corrected chi connectivity index (χ4v) is 4.04. The van der Waals surface area contributed by atoms with Crippen LogP contribution in [0.3, 0.4) is 0 Å². The predicted molar refractivity (Wildman–Crippen MR) is 126 cm³/mol. The summed E-state index contributed by atoms with van der Waals surface area (Å²) in [6, 6.07) is 11.1. The number of hydrogen-bond acceptors (Lipinski definition) is 6. The SMILES string of the molecule is COc1ccc(N(CC(=O)N/N=C(/C)C(C)(C)C)S(=O)(=O)c2ccc(C)cc2)c(OC)c1. The number of nitrogens with one attached hydrogen (secondary N) is 1. The molecule has 2 aromatic rings. The monoisotopic (exact) mass is 461 g/mol. The Morgan fingerprint density at radius 1 is 1.06 bits per heavy atom. The summed E-state index contributed by atoms with van der Waals surface area (Å²) in [6.07, 6.45) is 0. The highest BCUT2D eigenvalue weighted by molar-refractivity contribution is 7.92. The molecule has 0 heterocycles. The molecule has 0 aromatic heterocycles. The van der Waals surface area contributed by atoms with Gasteiger partial charge in [-0.15, -0.1) is 0 Å². The molecule has 0 radical (unpaired) electrons. The second kappa shape index (κ2) is 10.0. The minimum Gasteiger partial charge on any atom is -0.497 e. The number of amides is 1. The largest absolute Gasteiger partial charge is 0.497 e. The van der Waals surface area contributed by atoms with Crippen molar-refractivity contribution in [1.29, 1.82) is 0 Å². The van der Waals surface area contributed by atoms with Gasteiger partial charge in [-0.25, -0.2) is 13.8 Å². The molecule has 0 saturated heterocycles. The molecule has 1 N–H and O–H groups in total. The molecule has 0 aliphatic rings. The molecule has 0 fully saturated rings. The first kappa shape index (κ1) is 25.2. The Bertz CT molecular complexity index is 1090. The molecule has 9 heteroatoms. The third kappa shape index (κ3) is 6.00. The van der Waals surface area contributed by atoms with E-state index < -0.39 is 22.5 Å². The van der Waals surface area contributed by atoms with Crippen molar-refractivity contribution in [2.24, 2.45) is 10.5 Å². The molecule has 0 aliphatic heterocycles. The zero-order valence-corrected chi connectivity index (χ0v) is 20.4. The molecule has 0 spiro atoms. The van der Waals surface area contributed by atoms with Crippen molar-refractivity contribution in [2.45, 2.75) is 39.5 Å². The highest BCUT2D eigenvalue weighted by atomic mass is 32.2. The Hall–Kier alpha value is -3.07. The summed E-state index contributed by atoms with van der Waals surface area (Å²) in [4.78, 5) is 12.8. The van der Waals surface area contributed by atoms with Crippen LogP contribution >= 0.6 is 0 Å². The van der Waals surface area contributed by atoms with Gasteiger partial charge in [0.05, 0.1) is 24.8 Å². The molecule has 1 amide bonds. The normalized spacial score (nSPS) is 12.3. The van der Waals surface area contributed by atoms with Crippen LogP contribution in [0.5, 0.6) is 11.5 Å². The third-order valence-electron chi connectivity index (χ3n) is 4.99. The fraction of sp³-hybridized carbons (Fsp3) is 0.391. The van der Waals surface area contributed by atoms with Gasteiger partial charge in [0.25, 0.3) is 15.9 Å². The first-order valence-corrected chi connectivity index (χ1v) is 11.5. The number of carbonyl (C=O) groups excluding carboxylic acids is 1. The van der Waals surface area contributed by atoms with Crippen molar-refractivity contribution >= 4 is 27.3 Å². The number of rotatable bonds is 8. The minimum absolute atomic E-state index is 0.0585. The number of anilines is 1. The average Bonchev–Trinajstić information content (AvgIpc) is 2.74. The van der Waals surface area contributed by atoms with Crippen LogP contribution in [0.2, 0.25) is 0 Å². The van der Waals surface area contributed by atoms with Gasteiger partial charge in [0.15, 0.2) is 0 Å². The van der Waals surface area contributed by atoms with Gasteiger partial charge >= 0.3 is 0 Å². The van der Waals surface area contributed by atoms with Gasteiger partial charge in [-0.3, -0.25) is 9.10 Å². The highest BCUT2D eigenvalue weighted by Crippen LogP contribution is 2.35. The van der Waals surface area contributed by atoms with E-state index in [2.05, 4.69) is 10.5 Å². The molecule has 0 atom stereocenters. The number of nitrogens with zero attached hydrogens (tertiary/aromatic N) is 2. The van der Waals surface area contributed by atoms with Crippen molar-refractivity contribution in [3.8, 4) is 11.5 Å². The Morgan fingerprint density at radius 2 is 1.69 bits per heavy atom. The van der Waals surface area contributed by atoms with Gasteiger partial charge in [0.2, 0.25) is 0 Å². The van der Waals surface area contributed by atoms with Crippen molar-refractivity contribution < 1.29 is 22.7 Å². The summed E-state index contributed by atoms with van der Waals surface area (Å²) in [6.45, 7) is 9.08. The minimum atomic E-state index is -4.08. The maximum absolute atomic E-state index is 13.5. The molecular weight excluding hydrogens is 430 g/mol. The van der Waals surface area contributed by atoms with Crippen LogP contribution in [0.4, 0.5) is 5.69 Å². The van der Waals surface area contributed by atoms with Gasteiger partial charge in [-0.05, 0) is 38.1 Å². The zero-order valence-electron chi connectivity index (χ0n) is 19.6. The smallest absolute Gasteiger partial charge is 0.264 e. The second-order valence-electron chi connectivity index (χ2n) is 8.34. The number of ether oxygens (including phenoxy) is 2. The topological polar surface area (TPSA) is 97.3 Å². The molecule has 0 aliphatic carbocycles. The van der Waals surface area contributed by atoms with Crippen LogP contribution < -0.4 is 19.2 Å². The first-order valence-electron chi connectivity index (χ1n) is 10.0. The number of methoxy groups -OCH3 is 2. The first-order chi connectivity index (χ1) is 14.9. The van der Waals surface area contributed by atoms with E-state index in [9.17, 15) is 13.2 Å². The molecule has 2 rings (SSSR count). The maximum Gasteiger partial charge on any atom is 0.264 e. The molecule has 0 unspecified atom stereocenters. The molecule has 0 bridgehead atoms. The van der Waals surface area contributed by atoms with Gasteiger partial charge in [-0.1, -0.05) is 38.5 Å². The van der Waals surface area contributed by atoms with E-state index in [0.29, 0.717) is 11.5 Å². The van der Waals surface area contributed by atoms with Crippen LogP contribution in [0, 0.1) is 12.3 Å². The molecule has 8 nitrogen and oxygen atoms in total. The molecule has 32 heavy (non-hydrogen) atoms. The Balaban J connectivity index is 2.51. The van der Waals surface area contributed by atoms with Crippen LogP contribution in [0.1, 0.15) is 33.3 Å². The summed E-state index contributed by atoms with van der Waals surface area (Å²) in [7, 11) is -1.16. The van der Waals surface area contributed by atoms with Crippen molar-refractivity contribution in [3.63, 3.8) is 0 Å². The maximum atomic E-state index is 13.5. The number of aryl methyl sites for hydroxylation is 1. The number of hydrazone groups is 1. The van der Waals surface area contributed by atoms with Crippen LogP contribution in [-0.4, -0.2) is 40.8 Å². The standard InChI is InChI=1S/C23H31N3O5S/c1-16-8-11-19(12-9-16)32(28,29)26(15-22(27)25-24-17(2)23(3,4)5)20-13-10-18(30-6)14-21(20)31-7/h8-14H,15H2,1-7H3,(H,25,27)/b24-17-. The summed E-state index contributed by atoms with van der Waals surface area (Å²) >= 11 is 0. The van der Waals surface area contributed by atoms with E-state index in [4.69, 9.17) is 9.47 Å². The summed E-state index contributed by atoms with van der Waals surface area (Å²) in [5.74, 6) is 0.164. The lowest BCUT2D eigenvalue weighted by Crippen LogP contribution is -2.40. The third-order valence-corrected chi connectivity index (χ3v) is 6.76. The van der Waals surface area contributed by atoms with Gasteiger partial charge < -0.3 is 9.47 Å². The van der Waals surface area contributed by atoms with E-state index in [1.807, 2.05) is 27.7 Å². The number of carbonyl (C=O) groups is 1. The van der Waals surface area contributed by atoms with E-state index in [1.54, 1.807) is 37.3 Å². The Kier molecular flexibility index (Phi) is 7.90. The molecule has 0 saturated carbocycles. The van der Waals surface area contributed by atoms with E-state index in [0.717, 1.165) is 9.87 Å². The number of hydrogen-bond donors (Lipinski definition) is 1. The molecule has 2 aromatic carbocycles. The summed E-state index contributed by atoms with van der Waals surface area (Å²) < 4.78 is 38.7. The highest BCUT2D eigenvalue weighted by Gasteiger charge is 2.30. The summed E-state index contributed by atoms with van der Waals surface area (Å²) in [5, 5.41) is 4.12. The Labute approximate surface area is 190 Å².